The molecule has 2 aromatic carbocycles. The summed E-state index contributed by atoms with van der Waals surface area (Å²) in [4.78, 5) is 14.8. The maximum absolute atomic E-state index is 14.0. The number of halogens is 1. The van der Waals surface area contributed by atoms with Crippen LogP contribution >= 0.6 is 0 Å². The Morgan fingerprint density at radius 1 is 1.11 bits per heavy atom. The average molecular weight is 371 g/mol. The number of fused-ring (bicyclic) bond motifs is 1. The quantitative estimate of drug-likeness (QED) is 0.819. The summed E-state index contributed by atoms with van der Waals surface area (Å²) in [5.74, 6) is 0.886. The molecule has 0 spiro atoms. The highest BCUT2D eigenvalue weighted by Gasteiger charge is 2.31. The second kappa shape index (κ2) is 7.47. The van der Waals surface area contributed by atoms with E-state index in [0.29, 0.717) is 25.3 Å². The fourth-order valence-corrected chi connectivity index (χ4v) is 3.71. The van der Waals surface area contributed by atoms with E-state index in [1.165, 1.54) is 19.2 Å². The summed E-state index contributed by atoms with van der Waals surface area (Å²) in [6.45, 7) is 1.91. The lowest BCUT2D eigenvalue weighted by atomic mass is 10.0. The van der Waals surface area contributed by atoms with Gasteiger partial charge in [-0.15, -0.1) is 0 Å². The number of nitrogens with zero attached hydrogens (tertiary/aromatic N) is 1. The van der Waals surface area contributed by atoms with Gasteiger partial charge in [-0.3, -0.25) is 4.79 Å². The summed E-state index contributed by atoms with van der Waals surface area (Å²) in [5.41, 5.74) is 1.34. The first-order chi connectivity index (χ1) is 13.2. The number of hydrogen-bond acceptors (Lipinski definition) is 4. The molecule has 0 aromatic heterocycles. The lowest BCUT2D eigenvalue weighted by molar-refractivity contribution is 0.0735. The molecule has 1 atom stereocenters. The SMILES string of the molecule is COc1ccc(C(=O)N2CCC[C@H]2c2ccc3c(c2)OCCCO3)cc1F. The van der Waals surface area contributed by atoms with E-state index in [2.05, 4.69) is 0 Å². The van der Waals surface area contributed by atoms with Crippen molar-refractivity contribution in [2.45, 2.75) is 25.3 Å². The first kappa shape index (κ1) is 17.6. The second-order valence-corrected chi connectivity index (χ2v) is 6.76. The molecule has 0 saturated carbocycles. The Bertz CT molecular complexity index is 854. The molecule has 0 radical (unpaired) electrons. The topological polar surface area (TPSA) is 48.0 Å². The van der Waals surface area contributed by atoms with Crippen molar-refractivity contribution in [1.82, 2.24) is 4.90 Å². The molecule has 0 N–H and O–H groups in total. The van der Waals surface area contributed by atoms with Crippen molar-refractivity contribution >= 4 is 5.91 Å². The van der Waals surface area contributed by atoms with Gasteiger partial charge in [-0.1, -0.05) is 6.07 Å². The van der Waals surface area contributed by atoms with Gasteiger partial charge < -0.3 is 19.1 Å². The summed E-state index contributed by atoms with van der Waals surface area (Å²) >= 11 is 0. The van der Waals surface area contributed by atoms with Gasteiger partial charge in [0.1, 0.15) is 0 Å². The summed E-state index contributed by atoms with van der Waals surface area (Å²) in [6, 6.07) is 10.1. The Morgan fingerprint density at radius 3 is 2.70 bits per heavy atom. The maximum atomic E-state index is 14.0. The van der Waals surface area contributed by atoms with Gasteiger partial charge in [0.05, 0.1) is 26.4 Å². The second-order valence-electron chi connectivity index (χ2n) is 6.76. The Morgan fingerprint density at radius 2 is 1.93 bits per heavy atom. The molecular weight excluding hydrogens is 349 g/mol. The number of rotatable bonds is 3. The Labute approximate surface area is 157 Å². The summed E-state index contributed by atoms with van der Waals surface area (Å²) in [6.07, 6.45) is 2.62. The number of amides is 1. The molecule has 1 saturated heterocycles. The Kier molecular flexibility index (Phi) is 4.88. The van der Waals surface area contributed by atoms with E-state index < -0.39 is 5.82 Å². The number of methoxy groups -OCH3 is 1. The number of carbonyl (C=O) groups excluding carboxylic acids is 1. The third-order valence-corrected chi connectivity index (χ3v) is 5.07. The highest BCUT2D eigenvalue weighted by atomic mass is 19.1. The van der Waals surface area contributed by atoms with Crippen molar-refractivity contribution in [3.8, 4) is 17.2 Å². The van der Waals surface area contributed by atoms with Gasteiger partial charge in [-0.2, -0.15) is 0 Å². The van der Waals surface area contributed by atoms with Crippen molar-refractivity contribution in [2.24, 2.45) is 0 Å². The van der Waals surface area contributed by atoms with Crippen molar-refractivity contribution in [1.29, 1.82) is 0 Å². The molecule has 2 heterocycles. The molecule has 0 bridgehead atoms. The highest BCUT2D eigenvalue weighted by Crippen LogP contribution is 2.38. The van der Waals surface area contributed by atoms with E-state index in [0.717, 1.165) is 36.3 Å². The minimum absolute atomic E-state index is 0.0557. The lowest BCUT2D eigenvalue weighted by Crippen LogP contribution is -2.30. The third-order valence-electron chi connectivity index (χ3n) is 5.07. The third kappa shape index (κ3) is 3.44. The first-order valence-corrected chi connectivity index (χ1v) is 9.21. The van der Waals surface area contributed by atoms with Gasteiger partial charge in [-0.25, -0.2) is 4.39 Å². The fraction of sp³-hybridized carbons (Fsp3) is 0.381. The summed E-state index contributed by atoms with van der Waals surface area (Å²) in [7, 11) is 1.40. The number of benzene rings is 2. The Hall–Kier alpha value is -2.76. The van der Waals surface area contributed by atoms with Crippen LogP contribution in [0.5, 0.6) is 17.2 Å². The molecule has 0 unspecified atom stereocenters. The van der Waals surface area contributed by atoms with Crippen LogP contribution in [-0.4, -0.2) is 37.7 Å². The molecule has 0 aliphatic carbocycles. The van der Waals surface area contributed by atoms with E-state index in [1.54, 1.807) is 11.0 Å². The van der Waals surface area contributed by atoms with Crippen LogP contribution in [0.4, 0.5) is 4.39 Å². The number of hydrogen-bond donors (Lipinski definition) is 0. The normalized spacial score (nSPS) is 18.9. The smallest absolute Gasteiger partial charge is 0.254 e. The van der Waals surface area contributed by atoms with E-state index >= 15 is 0 Å². The number of ether oxygens (including phenoxy) is 3. The predicted molar refractivity (Wildman–Crippen MR) is 98.0 cm³/mol. The van der Waals surface area contributed by atoms with Crippen LogP contribution in [0.1, 0.15) is 41.2 Å². The number of carbonyl (C=O) groups is 1. The highest BCUT2D eigenvalue weighted by molar-refractivity contribution is 5.94. The largest absolute Gasteiger partial charge is 0.494 e. The maximum Gasteiger partial charge on any atom is 0.254 e. The molecule has 6 heteroatoms. The van der Waals surface area contributed by atoms with Crippen molar-refractivity contribution in [3.05, 3.63) is 53.3 Å². The minimum atomic E-state index is -0.533. The van der Waals surface area contributed by atoms with Gasteiger partial charge in [0.25, 0.3) is 5.91 Å². The van der Waals surface area contributed by atoms with Gasteiger partial charge >= 0.3 is 0 Å². The van der Waals surface area contributed by atoms with Crippen LogP contribution in [0.25, 0.3) is 0 Å². The van der Waals surface area contributed by atoms with Crippen LogP contribution in [0.3, 0.4) is 0 Å². The lowest BCUT2D eigenvalue weighted by Gasteiger charge is -2.26. The molecule has 4 rings (SSSR count). The zero-order valence-corrected chi connectivity index (χ0v) is 15.2. The fourth-order valence-electron chi connectivity index (χ4n) is 3.71. The van der Waals surface area contributed by atoms with Gasteiger partial charge in [0.2, 0.25) is 0 Å². The van der Waals surface area contributed by atoms with Crippen LogP contribution in [0.15, 0.2) is 36.4 Å². The standard InChI is InChI=1S/C21H22FNO4/c1-25-18-7-6-15(12-16(18)22)21(24)23-9-2-4-17(23)14-5-8-19-20(13-14)27-11-3-10-26-19/h5-8,12-13,17H,2-4,9-11H2,1H3/t17-/m0/s1. The van der Waals surface area contributed by atoms with Gasteiger partial charge in [-0.05, 0) is 48.7 Å². The predicted octanol–water partition coefficient (Wildman–Crippen LogP) is 3.97. The summed E-state index contributed by atoms with van der Waals surface area (Å²) < 4.78 is 30.4. The molecule has 1 fully saturated rings. The molecule has 2 aromatic rings. The molecule has 2 aliphatic heterocycles. The average Bonchev–Trinajstić information content (AvgIpc) is 3.06. The molecule has 2 aliphatic rings. The molecule has 1 amide bonds. The first-order valence-electron chi connectivity index (χ1n) is 9.21. The minimum Gasteiger partial charge on any atom is -0.494 e. The van der Waals surface area contributed by atoms with Crippen LogP contribution in [0, 0.1) is 5.82 Å². The van der Waals surface area contributed by atoms with E-state index in [9.17, 15) is 9.18 Å². The van der Waals surface area contributed by atoms with Crippen molar-refractivity contribution in [3.63, 3.8) is 0 Å². The van der Waals surface area contributed by atoms with E-state index in [1.807, 2.05) is 18.2 Å². The molecular formula is C21H22FNO4. The zero-order valence-electron chi connectivity index (χ0n) is 15.2. The molecule has 27 heavy (non-hydrogen) atoms. The van der Waals surface area contributed by atoms with Crippen molar-refractivity contribution < 1.29 is 23.4 Å². The van der Waals surface area contributed by atoms with Crippen LogP contribution in [-0.2, 0) is 0 Å². The van der Waals surface area contributed by atoms with Crippen LogP contribution < -0.4 is 14.2 Å². The Balaban J connectivity index is 1.59. The molecule has 142 valence electrons. The van der Waals surface area contributed by atoms with E-state index in [-0.39, 0.29) is 17.7 Å². The summed E-state index contributed by atoms with van der Waals surface area (Å²) in [5, 5.41) is 0. The van der Waals surface area contributed by atoms with Gasteiger partial charge in [0, 0.05) is 18.5 Å². The zero-order chi connectivity index (χ0) is 18.8. The van der Waals surface area contributed by atoms with Crippen LogP contribution in [0.2, 0.25) is 0 Å². The number of likely N-dealkylation sites (tertiary alicyclic amines) is 1. The monoisotopic (exact) mass is 371 g/mol. The van der Waals surface area contributed by atoms with Crippen molar-refractivity contribution in [2.75, 3.05) is 26.9 Å². The molecule has 5 nitrogen and oxygen atoms in total. The van der Waals surface area contributed by atoms with E-state index in [4.69, 9.17) is 14.2 Å². The van der Waals surface area contributed by atoms with Gasteiger partial charge in [0.15, 0.2) is 23.1 Å².